The summed E-state index contributed by atoms with van der Waals surface area (Å²) in [6.07, 6.45) is 1.88. The molecule has 0 spiro atoms. The molecule has 0 amide bonds. The molecular formula is C18H13ClN4O2. The molecule has 0 fully saturated rings. The molecule has 2 aromatic carbocycles. The Bertz CT molecular complexity index is 1020. The summed E-state index contributed by atoms with van der Waals surface area (Å²) in [5.74, 6) is -0.521. The molecule has 0 saturated heterocycles. The van der Waals surface area contributed by atoms with Gasteiger partial charge in [-0.1, -0.05) is 29.8 Å². The molecule has 7 heteroatoms. The zero-order valence-corrected chi connectivity index (χ0v) is 13.7. The maximum absolute atomic E-state index is 11.2. The fourth-order valence-electron chi connectivity index (χ4n) is 2.83. The van der Waals surface area contributed by atoms with Gasteiger partial charge in [-0.3, -0.25) is 0 Å². The molecule has 124 valence electrons. The van der Waals surface area contributed by atoms with Crippen molar-refractivity contribution in [3.63, 3.8) is 0 Å². The second-order valence-electron chi connectivity index (χ2n) is 5.74. The van der Waals surface area contributed by atoms with Crippen LogP contribution in [0.2, 0.25) is 5.02 Å². The van der Waals surface area contributed by atoms with E-state index >= 15 is 0 Å². The van der Waals surface area contributed by atoms with E-state index in [2.05, 4.69) is 10.1 Å². The fraction of sp³-hybridized carbons (Fsp3) is 0.0556. The summed E-state index contributed by atoms with van der Waals surface area (Å²) < 4.78 is 1.52. The first-order valence-electron chi connectivity index (χ1n) is 7.56. The number of nitrogens with zero attached hydrogens (tertiary/aromatic N) is 3. The minimum Gasteiger partial charge on any atom is -0.476 e. The summed E-state index contributed by atoms with van der Waals surface area (Å²) in [6, 6.07) is 12.9. The first-order chi connectivity index (χ1) is 12.0. The minimum atomic E-state index is -1.08. The highest BCUT2D eigenvalue weighted by atomic mass is 35.5. The van der Waals surface area contributed by atoms with Gasteiger partial charge in [0.1, 0.15) is 5.82 Å². The number of benzene rings is 2. The summed E-state index contributed by atoms with van der Waals surface area (Å²) in [5, 5.41) is 14.4. The molecule has 1 aliphatic heterocycles. The lowest BCUT2D eigenvalue weighted by Crippen LogP contribution is -2.07. The van der Waals surface area contributed by atoms with E-state index < -0.39 is 5.97 Å². The van der Waals surface area contributed by atoms with E-state index in [0.717, 1.165) is 16.7 Å². The molecule has 25 heavy (non-hydrogen) atoms. The van der Waals surface area contributed by atoms with E-state index in [0.29, 0.717) is 28.7 Å². The van der Waals surface area contributed by atoms with Gasteiger partial charge in [-0.25, -0.2) is 14.5 Å². The Hall–Kier alpha value is -3.12. The van der Waals surface area contributed by atoms with Crippen LogP contribution in [-0.2, 0) is 6.42 Å². The summed E-state index contributed by atoms with van der Waals surface area (Å²) in [7, 11) is 0. The van der Waals surface area contributed by atoms with E-state index in [1.807, 2.05) is 24.3 Å². The number of hydrogen-bond acceptors (Lipinski definition) is 4. The largest absolute Gasteiger partial charge is 0.476 e. The van der Waals surface area contributed by atoms with Crippen LogP contribution >= 0.6 is 11.6 Å². The number of aromatic nitrogens is 2. The number of hydrogen-bond donors (Lipinski definition) is 2. The number of fused-ring (bicyclic) bond motifs is 2. The third-order valence-corrected chi connectivity index (χ3v) is 4.28. The van der Waals surface area contributed by atoms with Crippen LogP contribution < -0.4 is 5.73 Å². The van der Waals surface area contributed by atoms with Crippen LogP contribution in [-0.4, -0.2) is 26.4 Å². The van der Waals surface area contributed by atoms with Gasteiger partial charge in [0.2, 0.25) is 0 Å². The quantitative estimate of drug-likeness (QED) is 0.542. The zero-order valence-electron chi connectivity index (χ0n) is 13.0. The van der Waals surface area contributed by atoms with Crippen LogP contribution in [0.1, 0.15) is 33.0 Å². The monoisotopic (exact) mass is 352 g/mol. The zero-order chi connectivity index (χ0) is 17.6. The molecule has 4 rings (SSSR count). The van der Waals surface area contributed by atoms with Crippen LogP contribution in [0.4, 0.5) is 5.69 Å². The highest BCUT2D eigenvalue weighted by Gasteiger charge is 2.22. The Morgan fingerprint density at radius 1 is 1.20 bits per heavy atom. The maximum Gasteiger partial charge on any atom is 0.356 e. The number of imidazole rings is 1. The van der Waals surface area contributed by atoms with Crippen molar-refractivity contribution >= 4 is 29.0 Å². The Balaban J connectivity index is 1.96. The van der Waals surface area contributed by atoms with Gasteiger partial charge in [-0.05, 0) is 29.8 Å². The third kappa shape index (κ3) is 2.77. The first kappa shape index (κ1) is 15.4. The number of aromatic carboxylic acids is 1. The van der Waals surface area contributed by atoms with Crippen LogP contribution in [0.25, 0.3) is 0 Å². The van der Waals surface area contributed by atoms with Crippen molar-refractivity contribution in [2.24, 2.45) is 5.10 Å². The number of carboxylic acid groups (broad SMARTS) is 1. The Labute approximate surface area is 148 Å². The molecular weight excluding hydrogens is 340 g/mol. The number of halogens is 1. The van der Waals surface area contributed by atoms with Crippen molar-refractivity contribution in [3.05, 3.63) is 81.9 Å². The Morgan fingerprint density at radius 2 is 1.96 bits per heavy atom. The predicted octanol–water partition coefficient (Wildman–Crippen LogP) is 3.02. The number of anilines is 1. The molecule has 2 heterocycles. The summed E-state index contributed by atoms with van der Waals surface area (Å²) in [5.41, 5.74) is 9.80. The summed E-state index contributed by atoms with van der Waals surface area (Å²) >= 11 is 6.18. The average molecular weight is 353 g/mol. The molecule has 0 unspecified atom stereocenters. The van der Waals surface area contributed by atoms with E-state index in [1.165, 1.54) is 10.9 Å². The van der Waals surface area contributed by atoms with Crippen molar-refractivity contribution in [2.75, 3.05) is 5.73 Å². The highest BCUT2D eigenvalue weighted by Crippen LogP contribution is 2.26. The van der Waals surface area contributed by atoms with Crippen molar-refractivity contribution in [1.82, 2.24) is 9.66 Å². The Morgan fingerprint density at radius 3 is 2.68 bits per heavy atom. The lowest BCUT2D eigenvalue weighted by atomic mass is 9.96. The van der Waals surface area contributed by atoms with Gasteiger partial charge >= 0.3 is 5.97 Å². The minimum absolute atomic E-state index is 0.0344. The van der Waals surface area contributed by atoms with Crippen molar-refractivity contribution < 1.29 is 9.90 Å². The van der Waals surface area contributed by atoms with Crippen LogP contribution in [0, 0.1) is 0 Å². The van der Waals surface area contributed by atoms with E-state index in [4.69, 9.17) is 17.3 Å². The van der Waals surface area contributed by atoms with Gasteiger partial charge in [0.15, 0.2) is 5.69 Å². The van der Waals surface area contributed by atoms with Crippen LogP contribution in [0.15, 0.2) is 53.8 Å². The molecule has 0 saturated carbocycles. The highest BCUT2D eigenvalue weighted by molar-refractivity contribution is 6.31. The number of carbonyl (C=O) groups is 1. The number of carboxylic acids is 1. The van der Waals surface area contributed by atoms with E-state index in [1.54, 1.807) is 18.2 Å². The van der Waals surface area contributed by atoms with Crippen LogP contribution in [0.3, 0.4) is 0 Å². The third-order valence-electron chi connectivity index (χ3n) is 4.05. The van der Waals surface area contributed by atoms with Crippen molar-refractivity contribution in [3.8, 4) is 0 Å². The molecule has 3 aromatic rings. The second-order valence-corrected chi connectivity index (χ2v) is 6.18. The molecule has 0 aliphatic carbocycles. The molecule has 6 nitrogen and oxygen atoms in total. The molecule has 0 radical (unpaired) electrons. The van der Waals surface area contributed by atoms with E-state index in [9.17, 15) is 9.90 Å². The van der Waals surface area contributed by atoms with Gasteiger partial charge < -0.3 is 10.8 Å². The summed E-state index contributed by atoms with van der Waals surface area (Å²) in [4.78, 5) is 15.4. The molecule has 3 N–H and O–H groups in total. The predicted molar refractivity (Wildman–Crippen MR) is 95.3 cm³/mol. The van der Waals surface area contributed by atoms with Gasteiger partial charge in [0, 0.05) is 28.3 Å². The lowest BCUT2D eigenvalue weighted by molar-refractivity contribution is 0.0691. The Kier molecular flexibility index (Phi) is 3.54. The van der Waals surface area contributed by atoms with Gasteiger partial charge in [-0.2, -0.15) is 5.10 Å². The van der Waals surface area contributed by atoms with Crippen molar-refractivity contribution in [2.45, 2.75) is 6.42 Å². The molecule has 0 bridgehead atoms. The van der Waals surface area contributed by atoms with Gasteiger partial charge in [-0.15, -0.1) is 0 Å². The molecule has 0 atom stereocenters. The van der Waals surface area contributed by atoms with Gasteiger partial charge in [0.05, 0.1) is 11.9 Å². The second kappa shape index (κ2) is 5.75. The SMILES string of the molecule is Nc1ccc(C2=Nn3cc(C(=O)O)nc3Cc3ccc(Cl)cc32)cc1. The number of nitrogens with two attached hydrogens (primary N) is 1. The van der Waals surface area contributed by atoms with E-state index in [-0.39, 0.29) is 5.69 Å². The van der Waals surface area contributed by atoms with Crippen molar-refractivity contribution in [1.29, 1.82) is 0 Å². The maximum atomic E-state index is 11.2. The molecule has 1 aliphatic rings. The smallest absolute Gasteiger partial charge is 0.356 e. The first-order valence-corrected chi connectivity index (χ1v) is 7.94. The number of rotatable bonds is 2. The lowest BCUT2D eigenvalue weighted by Gasteiger charge is -2.10. The topological polar surface area (TPSA) is 93.5 Å². The molecule has 1 aromatic heterocycles. The number of nitrogen functional groups attached to an aromatic ring is 1. The summed E-state index contributed by atoms with van der Waals surface area (Å²) in [6.45, 7) is 0. The normalized spacial score (nSPS) is 12.8. The standard InChI is InChI=1S/C18H13ClN4O2/c19-12-4-1-11-7-16-21-15(18(24)25)9-23(16)22-17(14(11)8-12)10-2-5-13(20)6-3-10/h1-6,8-9H,7,20H2,(H,24,25). The van der Waals surface area contributed by atoms with Crippen LogP contribution in [0.5, 0.6) is 0 Å². The van der Waals surface area contributed by atoms with Gasteiger partial charge in [0.25, 0.3) is 0 Å². The average Bonchev–Trinajstić information content (AvgIpc) is 2.92. The fourth-order valence-corrected chi connectivity index (χ4v) is 3.00.